The SMILES string of the molecule is Cc1cc(Oc2c(O)cc(C)c3c2CC[C@@](C)(CCC[C@H](C)CCC[C@H](C)CCCC(C)C)O3)cc2c1O[C@](C)(CCC[C@H](C)CCC[C@H](C)CCCC(C)C)CC2. The lowest BCUT2D eigenvalue weighted by Crippen LogP contribution is -2.37. The van der Waals surface area contributed by atoms with Crippen LogP contribution in [0.15, 0.2) is 18.2 Å². The van der Waals surface area contributed by atoms with Crippen molar-refractivity contribution < 1.29 is 19.3 Å². The van der Waals surface area contributed by atoms with E-state index in [0.29, 0.717) is 5.75 Å². The maximum atomic E-state index is 11.2. The Balaban J connectivity index is 1.26. The third-order valence-corrected chi connectivity index (χ3v) is 14.1. The molecule has 58 heavy (non-hydrogen) atoms. The van der Waals surface area contributed by atoms with E-state index in [9.17, 15) is 5.11 Å². The molecule has 2 heterocycles. The lowest BCUT2D eigenvalue weighted by Gasteiger charge is -2.38. The number of phenols is 1. The zero-order chi connectivity index (χ0) is 42.5. The van der Waals surface area contributed by atoms with Gasteiger partial charge in [0.15, 0.2) is 11.5 Å². The van der Waals surface area contributed by atoms with Crippen molar-refractivity contribution in [2.75, 3.05) is 0 Å². The first-order valence-electron chi connectivity index (χ1n) is 24.5. The smallest absolute Gasteiger partial charge is 0.175 e. The molecule has 2 aromatic rings. The van der Waals surface area contributed by atoms with Crippen LogP contribution in [0.5, 0.6) is 28.7 Å². The van der Waals surface area contributed by atoms with Gasteiger partial charge in [0.1, 0.15) is 28.5 Å². The van der Waals surface area contributed by atoms with E-state index in [2.05, 4.69) is 95.2 Å². The Bertz CT molecular complexity index is 1530. The number of benzene rings is 2. The highest BCUT2D eigenvalue weighted by Crippen LogP contribution is 2.49. The summed E-state index contributed by atoms with van der Waals surface area (Å²) in [6.45, 7) is 27.9. The fraction of sp³-hybridized carbons (Fsp3) is 0.778. The van der Waals surface area contributed by atoms with Crippen molar-refractivity contribution in [3.05, 3.63) is 40.5 Å². The molecule has 4 nitrogen and oxygen atoms in total. The molecule has 0 fully saturated rings. The molecule has 0 radical (unpaired) electrons. The van der Waals surface area contributed by atoms with Crippen LogP contribution < -0.4 is 14.2 Å². The molecule has 0 spiro atoms. The second-order valence-electron chi connectivity index (χ2n) is 21.5. The van der Waals surface area contributed by atoms with E-state index in [-0.39, 0.29) is 17.0 Å². The van der Waals surface area contributed by atoms with E-state index in [1.807, 2.05) is 6.07 Å². The Morgan fingerprint density at radius 2 is 0.966 bits per heavy atom. The lowest BCUT2D eigenvalue weighted by molar-refractivity contribution is 0.0503. The second kappa shape index (κ2) is 23.0. The van der Waals surface area contributed by atoms with Gasteiger partial charge in [-0.2, -0.15) is 0 Å². The van der Waals surface area contributed by atoms with Crippen LogP contribution in [0, 0.1) is 49.4 Å². The number of fused-ring (bicyclic) bond motifs is 2. The van der Waals surface area contributed by atoms with E-state index in [1.54, 1.807) is 0 Å². The Labute approximate surface area is 358 Å². The van der Waals surface area contributed by atoms with Gasteiger partial charge in [-0.1, -0.05) is 145 Å². The van der Waals surface area contributed by atoms with Crippen molar-refractivity contribution in [2.45, 2.75) is 236 Å². The molecule has 0 saturated carbocycles. The maximum Gasteiger partial charge on any atom is 0.175 e. The molecular formula is C54H90O4. The number of aromatic hydroxyl groups is 1. The molecule has 0 unspecified atom stereocenters. The zero-order valence-corrected chi connectivity index (χ0v) is 39.9. The number of aryl methyl sites for hydroxylation is 3. The third-order valence-electron chi connectivity index (χ3n) is 14.1. The van der Waals surface area contributed by atoms with Gasteiger partial charge in [-0.25, -0.2) is 0 Å². The van der Waals surface area contributed by atoms with Gasteiger partial charge in [0.05, 0.1) is 0 Å². The van der Waals surface area contributed by atoms with Crippen LogP contribution in [-0.4, -0.2) is 16.3 Å². The highest BCUT2D eigenvalue weighted by molar-refractivity contribution is 5.60. The Hall–Kier alpha value is -2.36. The van der Waals surface area contributed by atoms with Crippen LogP contribution >= 0.6 is 0 Å². The summed E-state index contributed by atoms with van der Waals surface area (Å²) in [4.78, 5) is 0. The van der Waals surface area contributed by atoms with E-state index >= 15 is 0 Å². The van der Waals surface area contributed by atoms with E-state index in [0.717, 1.165) is 108 Å². The monoisotopic (exact) mass is 803 g/mol. The summed E-state index contributed by atoms with van der Waals surface area (Å²) in [6, 6.07) is 6.05. The first-order chi connectivity index (χ1) is 27.5. The molecule has 4 rings (SSSR count). The van der Waals surface area contributed by atoms with Gasteiger partial charge in [0, 0.05) is 5.56 Å². The lowest BCUT2D eigenvalue weighted by atomic mass is 9.85. The molecule has 0 aliphatic carbocycles. The number of hydrogen-bond acceptors (Lipinski definition) is 4. The number of hydrogen-bond donors (Lipinski definition) is 1. The first kappa shape index (κ1) is 48.3. The number of rotatable bonds is 26. The quantitative estimate of drug-likeness (QED) is 0.103. The Morgan fingerprint density at radius 1 is 0.552 bits per heavy atom. The highest BCUT2D eigenvalue weighted by atomic mass is 16.5. The molecule has 0 bridgehead atoms. The zero-order valence-electron chi connectivity index (χ0n) is 39.9. The summed E-state index contributed by atoms with van der Waals surface area (Å²) >= 11 is 0. The van der Waals surface area contributed by atoms with Gasteiger partial charge in [0.25, 0.3) is 0 Å². The molecule has 2 aromatic carbocycles. The Kier molecular flexibility index (Phi) is 19.2. The highest BCUT2D eigenvalue weighted by Gasteiger charge is 2.36. The summed E-state index contributed by atoms with van der Waals surface area (Å²) in [5.41, 5.74) is 3.95. The van der Waals surface area contributed by atoms with Crippen LogP contribution in [0.3, 0.4) is 0 Å². The summed E-state index contributed by atoms with van der Waals surface area (Å²) < 4.78 is 20.3. The van der Waals surface area contributed by atoms with Gasteiger partial charge < -0.3 is 19.3 Å². The fourth-order valence-corrected chi connectivity index (χ4v) is 9.97. The van der Waals surface area contributed by atoms with Crippen LogP contribution in [0.4, 0.5) is 0 Å². The first-order valence-corrected chi connectivity index (χ1v) is 24.5. The topological polar surface area (TPSA) is 47.9 Å². The van der Waals surface area contributed by atoms with Gasteiger partial charge >= 0.3 is 0 Å². The summed E-state index contributed by atoms with van der Waals surface area (Å²) in [6.07, 6.45) is 27.3. The van der Waals surface area contributed by atoms with Crippen LogP contribution in [0.25, 0.3) is 0 Å². The fourth-order valence-electron chi connectivity index (χ4n) is 9.97. The largest absolute Gasteiger partial charge is 0.504 e. The molecular weight excluding hydrogens is 713 g/mol. The van der Waals surface area contributed by atoms with Crippen molar-refractivity contribution in [3.63, 3.8) is 0 Å². The molecule has 0 aromatic heterocycles. The van der Waals surface area contributed by atoms with Crippen molar-refractivity contribution in [1.29, 1.82) is 0 Å². The van der Waals surface area contributed by atoms with Gasteiger partial charge in [-0.15, -0.1) is 0 Å². The molecule has 2 aliphatic rings. The van der Waals surface area contributed by atoms with Crippen LogP contribution in [0.2, 0.25) is 0 Å². The molecule has 0 saturated heterocycles. The van der Waals surface area contributed by atoms with Gasteiger partial charge in [-0.05, 0) is 149 Å². The van der Waals surface area contributed by atoms with Crippen molar-refractivity contribution in [1.82, 2.24) is 0 Å². The minimum atomic E-state index is -0.202. The van der Waals surface area contributed by atoms with Crippen LogP contribution in [-0.2, 0) is 12.8 Å². The third kappa shape index (κ3) is 15.6. The number of phenolic OH excluding ortho intramolecular Hbond substituents is 1. The van der Waals surface area contributed by atoms with Crippen molar-refractivity contribution in [2.24, 2.45) is 35.5 Å². The maximum absolute atomic E-state index is 11.2. The normalized spacial score (nSPS) is 21.2. The molecule has 330 valence electrons. The standard InChI is InChI=1S/C54H90O4/c1-38(2)19-13-21-40(5)23-15-25-42(7)27-17-31-53(11)33-29-46-37-47(35-44(9)50(46)57-53)56-52-48-30-34-54(12,58-51(48)45(10)36-49(52)55)32-18-28-43(8)26-16-24-41(6)22-14-20-39(3)4/h35-43,55H,13-34H2,1-12H3/t40-,41-,42-,43-,53-,54-/m1/s1. The van der Waals surface area contributed by atoms with Crippen molar-refractivity contribution in [3.8, 4) is 28.7 Å². The van der Waals surface area contributed by atoms with E-state index in [1.165, 1.54) is 108 Å². The molecule has 1 N–H and O–H groups in total. The molecule has 4 heteroatoms. The van der Waals surface area contributed by atoms with Crippen molar-refractivity contribution >= 4 is 0 Å². The second-order valence-corrected chi connectivity index (χ2v) is 21.5. The minimum absolute atomic E-state index is 0.132. The predicted molar refractivity (Wildman–Crippen MR) is 248 cm³/mol. The van der Waals surface area contributed by atoms with Gasteiger partial charge in [-0.3, -0.25) is 0 Å². The predicted octanol–water partition coefficient (Wildman–Crippen LogP) is 16.8. The van der Waals surface area contributed by atoms with E-state index in [4.69, 9.17) is 14.2 Å². The number of ether oxygens (including phenoxy) is 3. The van der Waals surface area contributed by atoms with Gasteiger partial charge in [0.2, 0.25) is 0 Å². The summed E-state index contributed by atoms with van der Waals surface area (Å²) in [7, 11) is 0. The average molecular weight is 803 g/mol. The average Bonchev–Trinajstić information content (AvgIpc) is 3.13. The molecule has 2 aliphatic heterocycles. The Morgan fingerprint density at radius 3 is 1.45 bits per heavy atom. The summed E-state index contributed by atoms with van der Waals surface area (Å²) in [5.74, 6) is 8.33. The molecule has 6 atom stereocenters. The minimum Gasteiger partial charge on any atom is -0.504 e. The summed E-state index contributed by atoms with van der Waals surface area (Å²) in [5, 5.41) is 11.2. The molecule has 0 amide bonds. The van der Waals surface area contributed by atoms with E-state index < -0.39 is 0 Å². The van der Waals surface area contributed by atoms with Crippen LogP contribution in [0.1, 0.15) is 220 Å².